The van der Waals surface area contributed by atoms with Crippen LogP contribution in [0.3, 0.4) is 0 Å². The fourth-order valence-corrected chi connectivity index (χ4v) is 5.07. The van der Waals surface area contributed by atoms with Crippen LogP contribution in [0.5, 0.6) is 0 Å². The Labute approximate surface area is 159 Å². The van der Waals surface area contributed by atoms with E-state index in [1.54, 1.807) is 6.07 Å². The van der Waals surface area contributed by atoms with E-state index in [-0.39, 0.29) is 29.7 Å². The first-order valence-corrected chi connectivity index (χ1v) is 10.3. The summed E-state index contributed by atoms with van der Waals surface area (Å²) in [6, 6.07) is 4.19. The highest BCUT2D eigenvalue weighted by Gasteiger charge is 2.49. The molecule has 0 radical (unpaired) electrons. The van der Waals surface area contributed by atoms with Gasteiger partial charge in [0.25, 0.3) is 0 Å². The highest BCUT2D eigenvalue weighted by molar-refractivity contribution is 5.86. The van der Waals surface area contributed by atoms with Gasteiger partial charge in [-0.1, -0.05) is 31.4 Å². The zero-order valence-corrected chi connectivity index (χ0v) is 15.6. The molecule has 146 valence electrons. The van der Waals surface area contributed by atoms with Crippen molar-refractivity contribution in [1.82, 2.24) is 4.90 Å². The van der Waals surface area contributed by atoms with E-state index in [1.807, 2.05) is 4.90 Å². The van der Waals surface area contributed by atoms with Crippen molar-refractivity contribution in [1.29, 1.82) is 0 Å². The van der Waals surface area contributed by atoms with Crippen molar-refractivity contribution in [2.45, 2.75) is 69.7 Å². The van der Waals surface area contributed by atoms with Crippen molar-refractivity contribution in [2.75, 3.05) is 6.54 Å². The van der Waals surface area contributed by atoms with Crippen LogP contribution >= 0.6 is 0 Å². The summed E-state index contributed by atoms with van der Waals surface area (Å²) in [6.07, 6.45) is 8.04. The van der Waals surface area contributed by atoms with E-state index >= 15 is 0 Å². The molecule has 3 nitrogen and oxygen atoms in total. The van der Waals surface area contributed by atoms with E-state index in [0.717, 1.165) is 51.0 Å². The summed E-state index contributed by atoms with van der Waals surface area (Å²) >= 11 is 0. The minimum atomic E-state index is -0.856. The Kier molecular flexibility index (Phi) is 5.29. The smallest absolute Gasteiger partial charge is 0.226 e. The molecule has 5 heteroatoms. The van der Waals surface area contributed by atoms with Crippen molar-refractivity contribution in [3.63, 3.8) is 0 Å². The van der Waals surface area contributed by atoms with Crippen molar-refractivity contribution in [3.8, 4) is 0 Å². The molecule has 4 atom stereocenters. The van der Waals surface area contributed by atoms with Crippen LogP contribution in [0.25, 0.3) is 0 Å². The number of Topliss-reactive ketones (excluding diaryl/α,β-unsaturated/α-hetero) is 1. The summed E-state index contributed by atoms with van der Waals surface area (Å²) in [4.78, 5) is 27.7. The van der Waals surface area contributed by atoms with Crippen molar-refractivity contribution in [3.05, 3.63) is 35.4 Å². The van der Waals surface area contributed by atoms with Crippen LogP contribution < -0.4 is 0 Å². The molecule has 3 aliphatic rings. The first kappa shape index (κ1) is 18.6. The van der Waals surface area contributed by atoms with Crippen LogP contribution in [-0.4, -0.2) is 29.2 Å². The Morgan fingerprint density at radius 3 is 2.63 bits per heavy atom. The van der Waals surface area contributed by atoms with Crippen LogP contribution in [0.15, 0.2) is 18.2 Å². The maximum absolute atomic E-state index is 14.1. The molecular formula is C22H27F2NO2. The molecule has 1 amide bonds. The van der Waals surface area contributed by atoms with Gasteiger partial charge in [-0.05, 0) is 49.7 Å². The van der Waals surface area contributed by atoms with Crippen LogP contribution in [0, 0.1) is 23.5 Å². The number of carbonyl (C=O) groups excluding carboxylic acids is 2. The fraction of sp³-hybridized carbons (Fsp3) is 0.636. The van der Waals surface area contributed by atoms with Gasteiger partial charge in [0.15, 0.2) is 11.6 Å². The second-order valence-electron chi connectivity index (χ2n) is 8.36. The van der Waals surface area contributed by atoms with Gasteiger partial charge in [0.1, 0.15) is 5.78 Å². The quantitative estimate of drug-likeness (QED) is 0.774. The molecule has 0 N–H and O–H groups in total. The number of hydrogen-bond donors (Lipinski definition) is 0. The Balaban J connectivity index is 1.52. The zero-order chi connectivity index (χ0) is 19.0. The van der Waals surface area contributed by atoms with E-state index in [0.29, 0.717) is 30.7 Å². The van der Waals surface area contributed by atoms with Gasteiger partial charge in [-0.2, -0.15) is 0 Å². The molecule has 0 bridgehead atoms. The molecule has 1 heterocycles. The topological polar surface area (TPSA) is 37.4 Å². The Hall–Kier alpha value is -1.78. The number of rotatable bonds is 3. The molecule has 1 aromatic carbocycles. The Morgan fingerprint density at radius 2 is 1.81 bits per heavy atom. The van der Waals surface area contributed by atoms with Gasteiger partial charge in [-0.15, -0.1) is 0 Å². The van der Waals surface area contributed by atoms with Gasteiger partial charge < -0.3 is 4.90 Å². The second-order valence-corrected chi connectivity index (χ2v) is 8.36. The monoisotopic (exact) mass is 375 g/mol. The molecule has 1 saturated heterocycles. The SMILES string of the molecule is O=C1CCCC[C@@H]1[C@@H]1CCCCCN1C(=O)[C@@H]1C[C@H]1c1cccc(F)c1F. The first-order chi connectivity index (χ1) is 13.1. The summed E-state index contributed by atoms with van der Waals surface area (Å²) in [7, 11) is 0. The predicted molar refractivity (Wildman–Crippen MR) is 98.1 cm³/mol. The van der Waals surface area contributed by atoms with Gasteiger partial charge in [-0.25, -0.2) is 8.78 Å². The average Bonchev–Trinajstić information content (AvgIpc) is 3.47. The van der Waals surface area contributed by atoms with Crippen molar-refractivity contribution in [2.24, 2.45) is 11.8 Å². The number of halogens is 2. The zero-order valence-electron chi connectivity index (χ0n) is 15.6. The number of amides is 1. The minimum Gasteiger partial charge on any atom is -0.339 e. The van der Waals surface area contributed by atoms with Gasteiger partial charge >= 0.3 is 0 Å². The molecule has 3 fully saturated rings. The van der Waals surface area contributed by atoms with E-state index < -0.39 is 11.6 Å². The molecule has 1 aromatic rings. The highest BCUT2D eigenvalue weighted by atomic mass is 19.2. The maximum Gasteiger partial charge on any atom is 0.226 e. The molecule has 0 unspecified atom stereocenters. The lowest BCUT2D eigenvalue weighted by Crippen LogP contribution is -2.48. The van der Waals surface area contributed by atoms with Crippen LogP contribution in [0.1, 0.15) is 69.3 Å². The lowest BCUT2D eigenvalue weighted by Gasteiger charge is -2.37. The van der Waals surface area contributed by atoms with Gasteiger partial charge in [0.05, 0.1) is 0 Å². The third kappa shape index (κ3) is 3.65. The fourth-order valence-electron chi connectivity index (χ4n) is 5.07. The lowest BCUT2D eigenvalue weighted by atomic mass is 9.80. The number of hydrogen-bond acceptors (Lipinski definition) is 2. The first-order valence-electron chi connectivity index (χ1n) is 10.3. The van der Waals surface area contributed by atoms with Crippen molar-refractivity contribution >= 4 is 11.7 Å². The summed E-state index contributed by atoms with van der Waals surface area (Å²) in [5.41, 5.74) is 0.313. The summed E-state index contributed by atoms with van der Waals surface area (Å²) < 4.78 is 27.7. The molecule has 0 spiro atoms. The van der Waals surface area contributed by atoms with E-state index in [9.17, 15) is 18.4 Å². The molecule has 2 aliphatic carbocycles. The number of likely N-dealkylation sites (tertiary alicyclic amines) is 1. The highest BCUT2D eigenvalue weighted by Crippen LogP contribution is 2.50. The van der Waals surface area contributed by atoms with Gasteiger partial charge in [0, 0.05) is 30.8 Å². The Bertz CT molecular complexity index is 735. The van der Waals surface area contributed by atoms with Crippen LogP contribution in [-0.2, 0) is 9.59 Å². The van der Waals surface area contributed by atoms with Crippen LogP contribution in [0.4, 0.5) is 8.78 Å². The summed E-state index contributed by atoms with van der Waals surface area (Å²) in [6.45, 7) is 0.683. The Morgan fingerprint density at radius 1 is 1.00 bits per heavy atom. The van der Waals surface area contributed by atoms with E-state index in [2.05, 4.69) is 0 Å². The normalized spacial score (nSPS) is 31.5. The third-order valence-electron chi connectivity index (χ3n) is 6.64. The summed E-state index contributed by atoms with van der Waals surface area (Å²) in [5.74, 6) is -1.90. The molecule has 4 rings (SSSR count). The molecule has 0 aromatic heterocycles. The van der Waals surface area contributed by atoms with Gasteiger partial charge in [0.2, 0.25) is 5.91 Å². The van der Waals surface area contributed by atoms with E-state index in [1.165, 1.54) is 6.07 Å². The number of ketones is 1. The van der Waals surface area contributed by atoms with Crippen molar-refractivity contribution < 1.29 is 18.4 Å². The average molecular weight is 375 g/mol. The largest absolute Gasteiger partial charge is 0.339 e. The number of nitrogens with zero attached hydrogens (tertiary/aromatic N) is 1. The predicted octanol–water partition coefficient (Wildman–Crippen LogP) is 4.60. The minimum absolute atomic E-state index is 0.00796. The summed E-state index contributed by atoms with van der Waals surface area (Å²) in [5, 5.41) is 0. The lowest BCUT2D eigenvalue weighted by molar-refractivity contribution is -0.139. The third-order valence-corrected chi connectivity index (χ3v) is 6.64. The molecule has 27 heavy (non-hydrogen) atoms. The number of benzene rings is 1. The molecule has 2 saturated carbocycles. The van der Waals surface area contributed by atoms with Gasteiger partial charge in [-0.3, -0.25) is 9.59 Å². The second kappa shape index (κ2) is 7.69. The number of carbonyl (C=O) groups is 2. The standard InChI is InChI=1S/C22H27F2NO2/c23-18-9-6-8-14(21(18)24)16-13-17(16)22(27)25-12-5-1-2-10-19(25)15-7-3-4-11-20(15)26/h6,8-9,15-17,19H,1-5,7,10-13H2/t15-,16+,17-,19+/m1/s1. The maximum atomic E-state index is 14.1. The molecule has 1 aliphatic heterocycles. The van der Waals surface area contributed by atoms with Crippen LogP contribution in [0.2, 0.25) is 0 Å². The van der Waals surface area contributed by atoms with E-state index in [4.69, 9.17) is 0 Å². The molecular weight excluding hydrogens is 348 g/mol.